The molecule has 0 unspecified atom stereocenters. The smallest absolute Gasteiger partial charge is 0.220 e. The van der Waals surface area contributed by atoms with E-state index in [4.69, 9.17) is 0 Å². The molecule has 162 valence electrons. The fourth-order valence-corrected chi connectivity index (χ4v) is 5.32. The first-order valence-corrected chi connectivity index (χ1v) is 12.3. The van der Waals surface area contributed by atoms with E-state index in [1.807, 2.05) is 6.07 Å². The van der Waals surface area contributed by atoms with Gasteiger partial charge in [0.15, 0.2) is 0 Å². The second-order valence-corrected chi connectivity index (χ2v) is 9.90. The molecule has 5 heteroatoms. The molecule has 2 fully saturated rings. The molecular formula is C24H36BrFN2O. The molecule has 1 amide bonds. The Kier molecular flexibility index (Phi) is 8.98. The molecule has 1 saturated carbocycles. The maximum absolute atomic E-state index is 13.5. The van der Waals surface area contributed by atoms with Crippen molar-refractivity contribution >= 4 is 21.8 Å². The van der Waals surface area contributed by atoms with E-state index in [2.05, 4.69) is 33.1 Å². The number of benzene rings is 1. The number of amides is 1. The van der Waals surface area contributed by atoms with Crippen LogP contribution in [0.3, 0.4) is 0 Å². The second-order valence-electron chi connectivity index (χ2n) is 9.05. The molecule has 1 N–H and O–H groups in total. The van der Waals surface area contributed by atoms with Crippen molar-refractivity contribution in [3.05, 3.63) is 34.1 Å². The molecular weight excluding hydrogens is 431 g/mol. The van der Waals surface area contributed by atoms with Crippen LogP contribution < -0.4 is 5.32 Å². The summed E-state index contributed by atoms with van der Waals surface area (Å²) in [5.74, 6) is 1.56. The van der Waals surface area contributed by atoms with E-state index in [-0.39, 0.29) is 11.7 Å². The Labute approximate surface area is 183 Å². The van der Waals surface area contributed by atoms with E-state index in [9.17, 15) is 9.18 Å². The number of hydrogen-bond acceptors (Lipinski definition) is 2. The molecule has 3 rings (SSSR count). The lowest BCUT2D eigenvalue weighted by atomic mass is 9.83. The highest BCUT2D eigenvalue weighted by molar-refractivity contribution is 9.10. The Hall–Kier alpha value is -0.940. The van der Waals surface area contributed by atoms with E-state index in [1.165, 1.54) is 57.8 Å². The monoisotopic (exact) mass is 466 g/mol. The van der Waals surface area contributed by atoms with E-state index < -0.39 is 0 Å². The first-order valence-electron chi connectivity index (χ1n) is 11.5. The highest BCUT2D eigenvalue weighted by Crippen LogP contribution is 2.29. The van der Waals surface area contributed by atoms with Crippen molar-refractivity contribution in [2.75, 3.05) is 19.6 Å². The van der Waals surface area contributed by atoms with Gasteiger partial charge in [0, 0.05) is 16.9 Å². The number of rotatable bonds is 8. The maximum Gasteiger partial charge on any atom is 0.220 e. The Morgan fingerprint density at radius 2 is 1.86 bits per heavy atom. The Balaban J connectivity index is 1.31. The van der Waals surface area contributed by atoms with Crippen LogP contribution in [0, 0.1) is 17.7 Å². The lowest BCUT2D eigenvalue weighted by molar-refractivity contribution is -0.122. The predicted molar refractivity (Wildman–Crippen MR) is 120 cm³/mol. The summed E-state index contributed by atoms with van der Waals surface area (Å²) in [6, 6.07) is 5.42. The summed E-state index contributed by atoms with van der Waals surface area (Å²) in [5, 5.41) is 3.20. The minimum absolute atomic E-state index is 0.139. The number of halogens is 2. The van der Waals surface area contributed by atoms with Crippen LogP contribution in [0.15, 0.2) is 22.7 Å². The van der Waals surface area contributed by atoms with Crippen LogP contribution in [0.2, 0.25) is 0 Å². The zero-order valence-electron chi connectivity index (χ0n) is 17.8. The van der Waals surface area contributed by atoms with Crippen molar-refractivity contribution in [3.8, 4) is 0 Å². The van der Waals surface area contributed by atoms with Gasteiger partial charge in [-0.3, -0.25) is 4.79 Å². The van der Waals surface area contributed by atoms with Gasteiger partial charge in [-0.2, -0.15) is 0 Å². The molecule has 0 radical (unpaired) electrons. The fourth-order valence-electron chi connectivity index (χ4n) is 4.91. The van der Waals surface area contributed by atoms with Crippen molar-refractivity contribution in [1.29, 1.82) is 0 Å². The van der Waals surface area contributed by atoms with Crippen LogP contribution in [0.4, 0.5) is 4.39 Å². The van der Waals surface area contributed by atoms with Crippen LogP contribution in [0.1, 0.15) is 70.3 Å². The maximum atomic E-state index is 13.5. The van der Waals surface area contributed by atoms with E-state index in [1.54, 1.807) is 6.07 Å². The van der Waals surface area contributed by atoms with Gasteiger partial charge in [-0.1, -0.05) is 22.9 Å². The summed E-state index contributed by atoms with van der Waals surface area (Å²) in [7, 11) is 0. The number of likely N-dealkylation sites (tertiary alicyclic amines) is 1. The van der Waals surface area contributed by atoms with Crippen LogP contribution in [0.25, 0.3) is 0 Å². The molecule has 1 aromatic rings. The molecule has 1 aliphatic heterocycles. The first-order chi connectivity index (χ1) is 14.0. The van der Waals surface area contributed by atoms with Gasteiger partial charge in [-0.25, -0.2) is 4.39 Å². The molecule has 1 aromatic carbocycles. The van der Waals surface area contributed by atoms with Crippen molar-refractivity contribution in [3.63, 3.8) is 0 Å². The number of carbonyl (C=O) groups is 1. The fraction of sp³-hybridized carbons (Fsp3) is 0.708. The van der Waals surface area contributed by atoms with Crippen molar-refractivity contribution in [1.82, 2.24) is 10.2 Å². The molecule has 0 bridgehead atoms. The summed E-state index contributed by atoms with van der Waals surface area (Å²) in [6.45, 7) is 5.59. The molecule has 0 aromatic heterocycles. The normalized spacial score (nSPS) is 23.8. The minimum Gasteiger partial charge on any atom is -0.353 e. The van der Waals surface area contributed by atoms with Crippen LogP contribution in [-0.2, 0) is 11.2 Å². The van der Waals surface area contributed by atoms with Crippen LogP contribution >= 0.6 is 15.9 Å². The van der Waals surface area contributed by atoms with E-state index >= 15 is 0 Å². The van der Waals surface area contributed by atoms with Gasteiger partial charge in [0.05, 0.1) is 0 Å². The standard InChI is InChI=1S/C24H36BrFN2O/c1-2-3-24(29)27-22-7-4-18(5-8-22)10-13-28-14-11-19(12-15-28)16-20-17-21(26)6-9-23(20)25/h6,9,17-19,22H,2-5,7-8,10-16H2,1H3,(H,27,29). The lowest BCUT2D eigenvalue weighted by Gasteiger charge is -2.34. The number of nitrogens with zero attached hydrogens (tertiary/aromatic N) is 1. The average molecular weight is 467 g/mol. The van der Waals surface area contributed by atoms with Crippen molar-refractivity contribution in [2.45, 2.75) is 77.2 Å². The number of nitrogens with one attached hydrogen (secondary N) is 1. The van der Waals surface area contributed by atoms with Gasteiger partial charge < -0.3 is 10.2 Å². The number of carbonyl (C=O) groups excluding carboxylic acids is 1. The summed E-state index contributed by atoms with van der Waals surface area (Å²) in [5.41, 5.74) is 1.10. The van der Waals surface area contributed by atoms with Crippen molar-refractivity contribution < 1.29 is 9.18 Å². The zero-order chi connectivity index (χ0) is 20.6. The van der Waals surface area contributed by atoms with Gasteiger partial charge in [0.2, 0.25) is 5.91 Å². The van der Waals surface area contributed by atoms with Gasteiger partial charge in [0.25, 0.3) is 0 Å². The summed E-state index contributed by atoms with van der Waals surface area (Å²) in [4.78, 5) is 14.4. The van der Waals surface area contributed by atoms with Gasteiger partial charge in [-0.05, 0) is 113 Å². The molecule has 29 heavy (non-hydrogen) atoms. The highest BCUT2D eigenvalue weighted by atomic mass is 79.9. The van der Waals surface area contributed by atoms with E-state index in [0.29, 0.717) is 18.4 Å². The minimum atomic E-state index is -0.139. The molecule has 1 aliphatic carbocycles. The summed E-state index contributed by atoms with van der Waals surface area (Å²) < 4.78 is 14.5. The molecule has 3 nitrogen and oxygen atoms in total. The number of hydrogen-bond donors (Lipinski definition) is 1. The second kappa shape index (κ2) is 11.5. The third kappa shape index (κ3) is 7.36. The van der Waals surface area contributed by atoms with Crippen LogP contribution in [-0.4, -0.2) is 36.5 Å². The Bertz CT molecular complexity index is 652. The van der Waals surface area contributed by atoms with Gasteiger partial charge >= 0.3 is 0 Å². The first kappa shape index (κ1) is 22.7. The number of piperidine rings is 1. The molecule has 0 atom stereocenters. The zero-order valence-corrected chi connectivity index (χ0v) is 19.4. The van der Waals surface area contributed by atoms with Crippen LogP contribution in [0.5, 0.6) is 0 Å². The topological polar surface area (TPSA) is 32.3 Å². The van der Waals surface area contributed by atoms with Crippen molar-refractivity contribution in [2.24, 2.45) is 11.8 Å². The SMILES string of the molecule is CCCC(=O)NC1CCC(CCN2CCC(Cc3cc(F)ccc3Br)CC2)CC1. The van der Waals surface area contributed by atoms with Gasteiger partial charge in [-0.15, -0.1) is 0 Å². The Morgan fingerprint density at radius 3 is 2.55 bits per heavy atom. The quantitative estimate of drug-likeness (QED) is 0.531. The largest absolute Gasteiger partial charge is 0.353 e. The Morgan fingerprint density at radius 1 is 1.14 bits per heavy atom. The average Bonchev–Trinajstić information content (AvgIpc) is 2.71. The predicted octanol–water partition coefficient (Wildman–Crippen LogP) is 5.71. The third-order valence-electron chi connectivity index (χ3n) is 6.77. The molecule has 2 aliphatic rings. The summed E-state index contributed by atoms with van der Waals surface area (Å²) in [6.07, 6.45) is 11.1. The third-order valence-corrected chi connectivity index (χ3v) is 7.54. The molecule has 0 spiro atoms. The highest BCUT2D eigenvalue weighted by Gasteiger charge is 2.24. The molecule has 1 heterocycles. The summed E-state index contributed by atoms with van der Waals surface area (Å²) >= 11 is 3.56. The lowest BCUT2D eigenvalue weighted by Crippen LogP contribution is -2.39. The van der Waals surface area contributed by atoms with E-state index in [0.717, 1.165) is 41.6 Å². The van der Waals surface area contributed by atoms with Gasteiger partial charge in [0.1, 0.15) is 5.82 Å². The molecule has 1 saturated heterocycles.